The summed E-state index contributed by atoms with van der Waals surface area (Å²) in [4.78, 5) is 0. The average Bonchev–Trinajstić information content (AvgIpc) is 2.39. The molecule has 0 radical (unpaired) electrons. The third-order valence-electron chi connectivity index (χ3n) is 2.91. The van der Waals surface area contributed by atoms with Gasteiger partial charge in [0, 0.05) is 19.8 Å². The Labute approximate surface area is 86.8 Å². The highest BCUT2D eigenvalue weighted by molar-refractivity contribution is 4.78. The highest BCUT2D eigenvalue weighted by Crippen LogP contribution is 2.17. The number of aliphatic hydroxyl groups excluding tert-OH is 1. The first-order chi connectivity index (χ1) is 6.84. The van der Waals surface area contributed by atoms with E-state index >= 15 is 0 Å². The Kier molecular flexibility index (Phi) is 6.15. The topological polar surface area (TPSA) is 41.5 Å². The predicted octanol–water partition coefficient (Wildman–Crippen LogP) is 1.31. The van der Waals surface area contributed by atoms with Gasteiger partial charge in [0.15, 0.2) is 0 Å². The van der Waals surface area contributed by atoms with E-state index in [0.717, 1.165) is 32.4 Å². The fraction of sp³-hybridized carbons (Fsp3) is 1.00. The fourth-order valence-electron chi connectivity index (χ4n) is 2.03. The predicted molar refractivity (Wildman–Crippen MR) is 57.4 cm³/mol. The molecule has 0 spiro atoms. The monoisotopic (exact) mass is 201 g/mol. The minimum absolute atomic E-state index is 0.139. The summed E-state index contributed by atoms with van der Waals surface area (Å²) in [5.74, 6) is 0. The lowest BCUT2D eigenvalue weighted by atomic mass is 10.1. The molecule has 1 aliphatic carbocycles. The molecule has 14 heavy (non-hydrogen) atoms. The average molecular weight is 201 g/mol. The van der Waals surface area contributed by atoms with E-state index < -0.39 is 0 Å². The maximum atomic E-state index is 9.81. The summed E-state index contributed by atoms with van der Waals surface area (Å²) in [5.41, 5.74) is 0. The van der Waals surface area contributed by atoms with E-state index in [4.69, 9.17) is 4.74 Å². The zero-order chi connectivity index (χ0) is 10.2. The molecule has 2 N–H and O–H groups in total. The Morgan fingerprint density at radius 2 is 2.07 bits per heavy atom. The van der Waals surface area contributed by atoms with Crippen molar-refractivity contribution in [1.29, 1.82) is 0 Å². The summed E-state index contributed by atoms with van der Waals surface area (Å²) < 4.78 is 4.98. The van der Waals surface area contributed by atoms with Gasteiger partial charge in [-0.3, -0.25) is 0 Å². The summed E-state index contributed by atoms with van der Waals surface area (Å²) >= 11 is 0. The van der Waals surface area contributed by atoms with Crippen LogP contribution < -0.4 is 5.32 Å². The molecule has 0 heterocycles. The van der Waals surface area contributed by atoms with Crippen LogP contribution in [0.2, 0.25) is 0 Å². The number of methoxy groups -OCH3 is 1. The van der Waals surface area contributed by atoms with E-state index in [-0.39, 0.29) is 6.10 Å². The van der Waals surface area contributed by atoms with Gasteiger partial charge in [0.1, 0.15) is 0 Å². The second-order valence-electron chi connectivity index (χ2n) is 4.11. The minimum atomic E-state index is -0.139. The molecule has 3 nitrogen and oxygen atoms in total. The summed E-state index contributed by atoms with van der Waals surface area (Å²) in [6.07, 6.45) is 6.67. The number of ether oxygens (including phenoxy) is 1. The molecule has 1 aliphatic rings. The maximum absolute atomic E-state index is 9.81. The molecule has 0 saturated heterocycles. The van der Waals surface area contributed by atoms with Gasteiger partial charge >= 0.3 is 0 Å². The summed E-state index contributed by atoms with van der Waals surface area (Å²) in [5, 5.41) is 13.2. The highest BCUT2D eigenvalue weighted by Gasteiger charge is 2.20. The molecule has 0 amide bonds. The van der Waals surface area contributed by atoms with Crippen molar-refractivity contribution in [2.24, 2.45) is 0 Å². The zero-order valence-electron chi connectivity index (χ0n) is 9.17. The quantitative estimate of drug-likeness (QED) is 0.520. The molecule has 3 heteroatoms. The molecule has 2 atom stereocenters. The van der Waals surface area contributed by atoms with E-state index in [2.05, 4.69) is 5.32 Å². The normalized spacial score (nSPS) is 28.7. The second-order valence-corrected chi connectivity index (χ2v) is 4.11. The number of rotatable bonds is 5. The molecule has 1 rings (SSSR count). The van der Waals surface area contributed by atoms with Crippen LogP contribution in [-0.4, -0.2) is 37.5 Å². The van der Waals surface area contributed by atoms with Crippen molar-refractivity contribution < 1.29 is 9.84 Å². The van der Waals surface area contributed by atoms with E-state index in [1.807, 2.05) is 0 Å². The van der Waals surface area contributed by atoms with E-state index in [1.54, 1.807) is 7.11 Å². The largest absolute Gasteiger partial charge is 0.392 e. The fourth-order valence-corrected chi connectivity index (χ4v) is 2.03. The first-order valence-corrected chi connectivity index (χ1v) is 5.75. The van der Waals surface area contributed by atoms with E-state index in [9.17, 15) is 5.11 Å². The number of aliphatic hydroxyl groups is 1. The minimum Gasteiger partial charge on any atom is -0.392 e. The van der Waals surface area contributed by atoms with Gasteiger partial charge in [-0.25, -0.2) is 0 Å². The van der Waals surface area contributed by atoms with Crippen LogP contribution >= 0.6 is 0 Å². The SMILES string of the molecule is COCCCNC1CCCCCC1O. The second kappa shape index (κ2) is 7.21. The summed E-state index contributed by atoms with van der Waals surface area (Å²) in [6.45, 7) is 1.76. The summed E-state index contributed by atoms with van der Waals surface area (Å²) in [6, 6.07) is 0.314. The van der Waals surface area contributed by atoms with Crippen LogP contribution in [0.1, 0.15) is 38.5 Å². The summed E-state index contributed by atoms with van der Waals surface area (Å²) in [7, 11) is 1.72. The van der Waals surface area contributed by atoms with E-state index in [1.165, 1.54) is 19.3 Å². The van der Waals surface area contributed by atoms with Crippen LogP contribution in [0, 0.1) is 0 Å². The molecule has 1 fully saturated rings. The van der Waals surface area contributed by atoms with Crippen molar-refractivity contribution in [3.05, 3.63) is 0 Å². The van der Waals surface area contributed by atoms with Gasteiger partial charge in [0.05, 0.1) is 6.10 Å². The van der Waals surface area contributed by atoms with Crippen LogP contribution in [0.25, 0.3) is 0 Å². The maximum Gasteiger partial charge on any atom is 0.0693 e. The zero-order valence-corrected chi connectivity index (χ0v) is 9.17. The van der Waals surface area contributed by atoms with E-state index in [0.29, 0.717) is 6.04 Å². The Bertz CT molecular complexity index is 141. The molecule has 0 aromatic rings. The standard InChI is InChI=1S/C11H23NO2/c1-14-9-5-8-12-10-6-3-2-4-7-11(10)13/h10-13H,2-9H2,1H3. The molecule has 0 aliphatic heterocycles. The Morgan fingerprint density at radius 1 is 1.29 bits per heavy atom. The first-order valence-electron chi connectivity index (χ1n) is 5.75. The molecular formula is C11H23NO2. The van der Waals surface area contributed by atoms with Crippen molar-refractivity contribution in [2.75, 3.05) is 20.3 Å². The Balaban J connectivity index is 2.13. The van der Waals surface area contributed by atoms with Crippen molar-refractivity contribution in [3.8, 4) is 0 Å². The smallest absolute Gasteiger partial charge is 0.0693 e. The van der Waals surface area contributed by atoms with Crippen molar-refractivity contribution in [1.82, 2.24) is 5.32 Å². The highest BCUT2D eigenvalue weighted by atomic mass is 16.5. The van der Waals surface area contributed by atoms with Crippen molar-refractivity contribution >= 4 is 0 Å². The lowest BCUT2D eigenvalue weighted by molar-refractivity contribution is 0.117. The number of nitrogens with one attached hydrogen (secondary N) is 1. The van der Waals surface area contributed by atoms with Crippen molar-refractivity contribution in [3.63, 3.8) is 0 Å². The molecule has 0 bridgehead atoms. The third kappa shape index (κ3) is 4.40. The Morgan fingerprint density at radius 3 is 2.86 bits per heavy atom. The third-order valence-corrected chi connectivity index (χ3v) is 2.91. The van der Waals surface area contributed by atoms with Crippen LogP contribution in [0.5, 0.6) is 0 Å². The van der Waals surface area contributed by atoms with Gasteiger partial charge in [-0.1, -0.05) is 19.3 Å². The molecular weight excluding hydrogens is 178 g/mol. The molecule has 0 aromatic heterocycles. The lowest BCUT2D eigenvalue weighted by Crippen LogP contribution is -2.39. The molecule has 84 valence electrons. The van der Waals surface area contributed by atoms with Gasteiger partial charge in [0.2, 0.25) is 0 Å². The lowest BCUT2D eigenvalue weighted by Gasteiger charge is -2.21. The van der Waals surface area contributed by atoms with Crippen LogP contribution in [-0.2, 0) is 4.74 Å². The van der Waals surface area contributed by atoms with Gasteiger partial charge < -0.3 is 15.2 Å². The van der Waals surface area contributed by atoms with Crippen molar-refractivity contribution in [2.45, 2.75) is 50.7 Å². The van der Waals surface area contributed by atoms with Crippen LogP contribution in [0.4, 0.5) is 0 Å². The number of hydrogen-bond donors (Lipinski definition) is 2. The van der Waals surface area contributed by atoms with Gasteiger partial charge in [-0.15, -0.1) is 0 Å². The number of hydrogen-bond acceptors (Lipinski definition) is 3. The van der Waals surface area contributed by atoms with Crippen LogP contribution in [0.15, 0.2) is 0 Å². The molecule has 0 aromatic carbocycles. The first kappa shape index (κ1) is 12.0. The molecule has 1 saturated carbocycles. The van der Waals surface area contributed by atoms with Gasteiger partial charge in [0.25, 0.3) is 0 Å². The van der Waals surface area contributed by atoms with Gasteiger partial charge in [-0.05, 0) is 25.8 Å². The van der Waals surface area contributed by atoms with Crippen LogP contribution in [0.3, 0.4) is 0 Å². The molecule has 2 unspecified atom stereocenters. The Hall–Kier alpha value is -0.120. The van der Waals surface area contributed by atoms with Gasteiger partial charge in [-0.2, -0.15) is 0 Å².